The molecule has 152 valence electrons. The third-order valence-electron chi connectivity index (χ3n) is 4.54. The SMILES string of the molecule is NNC(=O)C(Cc1c[nH]c2ccccc12)NC(=O)Cc1ccc(C(F)(F)F)cc1. The molecule has 1 atom stereocenters. The van der Waals surface area contributed by atoms with E-state index in [2.05, 4.69) is 10.3 Å². The van der Waals surface area contributed by atoms with Gasteiger partial charge in [0.1, 0.15) is 6.04 Å². The number of aromatic amines is 1. The molecule has 1 unspecified atom stereocenters. The molecular formula is C20H19F3N4O2. The molecule has 0 fully saturated rings. The Kier molecular flexibility index (Phi) is 5.88. The number of nitrogens with one attached hydrogen (secondary N) is 3. The fourth-order valence-corrected chi connectivity index (χ4v) is 3.07. The number of aromatic nitrogens is 1. The predicted molar refractivity (Wildman–Crippen MR) is 101 cm³/mol. The molecule has 0 aliphatic rings. The topological polar surface area (TPSA) is 100 Å². The molecule has 0 aliphatic heterocycles. The predicted octanol–water partition coefficient (Wildman–Crippen LogP) is 2.45. The van der Waals surface area contributed by atoms with Crippen LogP contribution in [0, 0.1) is 0 Å². The Morgan fingerprint density at radius 2 is 1.76 bits per heavy atom. The van der Waals surface area contributed by atoms with E-state index in [0.717, 1.165) is 28.6 Å². The highest BCUT2D eigenvalue weighted by Crippen LogP contribution is 2.29. The van der Waals surface area contributed by atoms with Gasteiger partial charge in [-0.25, -0.2) is 5.84 Å². The Morgan fingerprint density at radius 1 is 1.07 bits per heavy atom. The van der Waals surface area contributed by atoms with Crippen molar-refractivity contribution >= 4 is 22.7 Å². The molecule has 0 saturated heterocycles. The molecule has 0 saturated carbocycles. The summed E-state index contributed by atoms with van der Waals surface area (Å²) in [6.45, 7) is 0. The van der Waals surface area contributed by atoms with E-state index < -0.39 is 29.6 Å². The van der Waals surface area contributed by atoms with E-state index in [1.807, 2.05) is 29.7 Å². The summed E-state index contributed by atoms with van der Waals surface area (Å²) < 4.78 is 37.9. The number of hydrazine groups is 1. The van der Waals surface area contributed by atoms with Gasteiger partial charge in [0.25, 0.3) is 5.91 Å². The van der Waals surface area contributed by atoms with Gasteiger partial charge in [-0.15, -0.1) is 0 Å². The Hall–Kier alpha value is -3.33. The van der Waals surface area contributed by atoms with Gasteiger partial charge in [0.05, 0.1) is 12.0 Å². The molecule has 3 aromatic rings. The van der Waals surface area contributed by atoms with Crippen LogP contribution in [0.1, 0.15) is 16.7 Å². The van der Waals surface area contributed by atoms with Crippen molar-refractivity contribution in [3.05, 3.63) is 71.4 Å². The number of nitrogens with two attached hydrogens (primary N) is 1. The van der Waals surface area contributed by atoms with Crippen molar-refractivity contribution in [1.29, 1.82) is 0 Å². The standard InChI is InChI=1S/C20H19F3N4O2/c21-20(22,23)14-7-5-12(6-8-14)9-18(28)26-17(19(29)27-24)10-13-11-25-16-4-2-1-3-15(13)16/h1-8,11,17,25H,9-10,24H2,(H,26,28)(H,27,29). The highest BCUT2D eigenvalue weighted by Gasteiger charge is 2.30. The Morgan fingerprint density at radius 3 is 2.41 bits per heavy atom. The lowest BCUT2D eigenvalue weighted by atomic mass is 10.0. The molecule has 0 bridgehead atoms. The number of fused-ring (bicyclic) bond motifs is 1. The van der Waals surface area contributed by atoms with Crippen LogP contribution < -0.4 is 16.6 Å². The fourth-order valence-electron chi connectivity index (χ4n) is 3.07. The van der Waals surface area contributed by atoms with Crippen LogP contribution in [-0.2, 0) is 28.6 Å². The highest BCUT2D eigenvalue weighted by atomic mass is 19.4. The van der Waals surface area contributed by atoms with Crippen molar-refractivity contribution in [2.24, 2.45) is 5.84 Å². The first-order valence-electron chi connectivity index (χ1n) is 8.79. The van der Waals surface area contributed by atoms with E-state index in [1.165, 1.54) is 12.1 Å². The summed E-state index contributed by atoms with van der Waals surface area (Å²) in [6, 6.07) is 10.9. The third kappa shape index (κ3) is 4.94. The van der Waals surface area contributed by atoms with Gasteiger partial charge in [-0.1, -0.05) is 30.3 Å². The van der Waals surface area contributed by atoms with Crippen molar-refractivity contribution in [2.45, 2.75) is 25.1 Å². The molecule has 6 nitrogen and oxygen atoms in total. The lowest BCUT2D eigenvalue weighted by Crippen LogP contribution is -2.50. The first-order chi connectivity index (χ1) is 13.8. The largest absolute Gasteiger partial charge is 0.416 e. The van der Waals surface area contributed by atoms with E-state index >= 15 is 0 Å². The number of amides is 2. The summed E-state index contributed by atoms with van der Waals surface area (Å²) in [7, 11) is 0. The molecule has 9 heteroatoms. The minimum atomic E-state index is -4.44. The normalized spacial score (nSPS) is 12.6. The first kappa shape index (κ1) is 20.4. The minimum Gasteiger partial charge on any atom is -0.361 e. The monoisotopic (exact) mass is 404 g/mol. The van der Waals surface area contributed by atoms with Crippen LogP contribution in [-0.4, -0.2) is 22.8 Å². The van der Waals surface area contributed by atoms with Crippen molar-refractivity contribution in [3.8, 4) is 0 Å². The molecular weight excluding hydrogens is 385 g/mol. The van der Waals surface area contributed by atoms with Gasteiger partial charge >= 0.3 is 6.18 Å². The van der Waals surface area contributed by atoms with Crippen molar-refractivity contribution in [1.82, 2.24) is 15.7 Å². The van der Waals surface area contributed by atoms with Gasteiger partial charge < -0.3 is 10.3 Å². The molecule has 29 heavy (non-hydrogen) atoms. The van der Waals surface area contributed by atoms with Crippen molar-refractivity contribution in [3.63, 3.8) is 0 Å². The van der Waals surface area contributed by atoms with Crippen LogP contribution in [0.3, 0.4) is 0 Å². The summed E-state index contributed by atoms with van der Waals surface area (Å²) in [5, 5.41) is 3.51. The van der Waals surface area contributed by atoms with E-state index in [4.69, 9.17) is 5.84 Å². The summed E-state index contributed by atoms with van der Waals surface area (Å²) in [5.74, 6) is 4.16. The molecule has 0 radical (unpaired) electrons. The van der Waals surface area contributed by atoms with Crippen LogP contribution in [0.25, 0.3) is 10.9 Å². The number of halogens is 3. The van der Waals surface area contributed by atoms with Crippen molar-refractivity contribution < 1.29 is 22.8 Å². The molecule has 5 N–H and O–H groups in total. The summed E-state index contributed by atoms with van der Waals surface area (Å²) in [6.07, 6.45) is -2.65. The maximum absolute atomic E-state index is 12.6. The molecule has 2 amide bonds. The lowest BCUT2D eigenvalue weighted by molar-refractivity contribution is -0.137. The van der Waals surface area contributed by atoms with E-state index in [0.29, 0.717) is 5.56 Å². The Bertz CT molecular complexity index is 1010. The second-order valence-corrected chi connectivity index (χ2v) is 6.56. The average Bonchev–Trinajstić information content (AvgIpc) is 3.09. The van der Waals surface area contributed by atoms with Crippen LogP contribution >= 0.6 is 0 Å². The molecule has 1 heterocycles. The second kappa shape index (κ2) is 8.36. The Balaban J connectivity index is 1.70. The highest BCUT2D eigenvalue weighted by molar-refractivity contribution is 5.89. The number of carbonyl (C=O) groups is 2. The molecule has 0 spiro atoms. The Labute approximate surface area is 164 Å². The van der Waals surface area contributed by atoms with Gasteiger partial charge in [0, 0.05) is 23.5 Å². The number of hydrogen-bond donors (Lipinski definition) is 4. The van der Waals surface area contributed by atoms with Gasteiger partial charge in [0.15, 0.2) is 0 Å². The quantitative estimate of drug-likeness (QED) is 0.288. The smallest absolute Gasteiger partial charge is 0.361 e. The molecule has 2 aromatic carbocycles. The lowest BCUT2D eigenvalue weighted by Gasteiger charge is -2.17. The van der Waals surface area contributed by atoms with Crippen molar-refractivity contribution in [2.75, 3.05) is 0 Å². The number of carbonyl (C=O) groups excluding carboxylic acids is 2. The number of hydrogen-bond acceptors (Lipinski definition) is 3. The number of alkyl halides is 3. The molecule has 0 aliphatic carbocycles. The zero-order valence-corrected chi connectivity index (χ0v) is 15.2. The van der Waals surface area contributed by atoms with Gasteiger partial charge in [-0.2, -0.15) is 13.2 Å². The van der Waals surface area contributed by atoms with Crippen LogP contribution in [0.4, 0.5) is 13.2 Å². The van der Waals surface area contributed by atoms with E-state index in [1.54, 1.807) is 6.20 Å². The first-order valence-corrected chi connectivity index (χ1v) is 8.79. The summed E-state index contributed by atoms with van der Waals surface area (Å²) >= 11 is 0. The molecule has 1 aromatic heterocycles. The number of H-pyrrole nitrogens is 1. The van der Waals surface area contributed by atoms with E-state index in [-0.39, 0.29) is 12.8 Å². The minimum absolute atomic E-state index is 0.166. The maximum atomic E-state index is 12.6. The van der Waals surface area contributed by atoms with Crippen LogP contribution in [0.5, 0.6) is 0 Å². The fraction of sp³-hybridized carbons (Fsp3) is 0.200. The zero-order chi connectivity index (χ0) is 21.0. The number of benzene rings is 2. The average molecular weight is 404 g/mol. The van der Waals surface area contributed by atoms with Gasteiger partial charge in [-0.05, 0) is 29.3 Å². The number of rotatable bonds is 6. The third-order valence-corrected chi connectivity index (χ3v) is 4.54. The summed E-state index contributed by atoms with van der Waals surface area (Å²) in [5.41, 5.74) is 3.35. The number of para-hydroxylation sites is 1. The van der Waals surface area contributed by atoms with Gasteiger partial charge in [0.2, 0.25) is 5.91 Å². The second-order valence-electron chi connectivity index (χ2n) is 6.56. The maximum Gasteiger partial charge on any atom is 0.416 e. The zero-order valence-electron chi connectivity index (χ0n) is 15.2. The van der Waals surface area contributed by atoms with E-state index in [9.17, 15) is 22.8 Å². The van der Waals surface area contributed by atoms with Crippen LogP contribution in [0.15, 0.2) is 54.7 Å². The summed E-state index contributed by atoms with van der Waals surface area (Å²) in [4.78, 5) is 27.6. The van der Waals surface area contributed by atoms with Gasteiger partial charge in [-0.3, -0.25) is 15.0 Å². The molecule has 3 rings (SSSR count). The van der Waals surface area contributed by atoms with Crippen LogP contribution in [0.2, 0.25) is 0 Å².